The average molecular weight is 384 g/mol. The number of hydrogen-bond acceptors (Lipinski definition) is 2. The summed E-state index contributed by atoms with van der Waals surface area (Å²) in [4.78, 5) is -0.0987. The fourth-order valence-electron chi connectivity index (χ4n) is 2.56. The van der Waals surface area contributed by atoms with Crippen molar-refractivity contribution >= 4 is 81.4 Å². The Hall–Kier alpha value is -0.690. The first kappa shape index (κ1) is 23.3. The fraction of sp³-hybridized carbons (Fsp3) is 0. The molecular weight excluding hydrogens is 366 g/mol. The van der Waals surface area contributed by atoms with Crippen LogP contribution in [-0.2, 0) is 10.1 Å². The Kier molecular flexibility index (Phi) is 9.51. The SMILES string of the molecule is O=S(=O)(O)c1ccccc1/C=C/c1ccccc1-c1ccccc1.[NaH].[NaH]. The molecule has 0 spiro atoms. The molecule has 0 aliphatic rings. The summed E-state index contributed by atoms with van der Waals surface area (Å²) in [5.74, 6) is 0. The fourth-order valence-corrected chi connectivity index (χ4v) is 3.24. The summed E-state index contributed by atoms with van der Waals surface area (Å²) < 4.78 is 32.3. The van der Waals surface area contributed by atoms with Crippen LogP contribution in [-0.4, -0.2) is 72.1 Å². The molecule has 6 heteroatoms. The second-order valence-corrected chi connectivity index (χ2v) is 6.69. The van der Waals surface area contributed by atoms with Gasteiger partial charge in [0, 0.05) is 0 Å². The molecule has 0 unspecified atom stereocenters. The summed E-state index contributed by atoms with van der Waals surface area (Å²) in [6, 6.07) is 24.2. The molecule has 0 bridgehead atoms. The molecule has 0 heterocycles. The van der Waals surface area contributed by atoms with Gasteiger partial charge in [0.1, 0.15) is 4.90 Å². The molecule has 124 valence electrons. The predicted octanol–water partition coefficient (Wildman–Crippen LogP) is 3.47. The molecule has 0 saturated carbocycles. The van der Waals surface area contributed by atoms with Gasteiger partial charge in [-0.1, -0.05) is 84.9 Å². The molecule has 0 radical (unpaired) electrons. The Morgan fingerprint density at radius 2 is 1.15 bits per heavy atom. The van der Waals surface area contributed by atoms with Crippen molar-refractivity contribution in [2.45, 2.75) is 4.90 Å². The molecule has 0 saturated heterocycles. The predicted molar refractivity (Wildman–Crippen MR) is 111 cm³/mol. The van der Waals surface area contributed by atoms with Gasteiger partial charge in [0.25, 0.3) is 10.1 Å². The summed E-state index contributed by atoms with van der Waals surface area (Å²) in [6.45, 7) is 0. The van der Waals surface area contributed by atoms with E-state index in [0.29, 0.717) is 5.56 Å². The summed E-state index contributed by atoms with van der Waals surface area (Å²) in [5.41, 5.74) is 3.55. The molecule has 3 nitrogen and oxygen atoms in total. The van der Waals surface area contributed by atoms with Gasteiger partial charge in [-0.25, -0.2) is 0 Å². The summed E-state index contributed by atoms with van der Waals surface area (Å²) in [7, 11) is -4.25. The molecule has 26 heavy (non-hydrogen) atoms. The Balaban J connectivity index is 0.00000169. The van der Waals surface area contributed by atoms with Gasteiger partial charge in [-0.05, 0) is 28.3 Å². The first-order valence-electron chi connectivity index (χ1n) is 7.45. The van der Waals surface area contributed by atoms with Crippen molar-refractivity contribution in [1.29, 1.82) is 0 Å². The van der Waals surface area contributed by atoms with E-state index >= 15 is 0 Å². The first-order chi connectivity index (χ1) is 11.6. The molecule has 3 aromatic rings. The zero-order valence-corrected chi connectivity index (χ0v) is 13.6. The van der Waals surface area contributed by atoms with Gasteiger partial charge in [0.05, 0.1) is 0 Å². The average Bonchev–Trinajstić information content (AvgIpc) is 2.60. The molecule has 3 aromatic carbocycles. The van der Waals surface area contributed by atoms with Crippen LogP contribution in [0.5, 0.6) is 0 Å². The van der Waals surface area contributed by atoms with E-state index in [1.165, 1.54) is 6.07 Å². The van der Waals surface area contributed by atoms with E-state index in [-0.39, 0.29) is 64.0 Å². The van der Waals surface area contributed by atoms with E-state index in [4.69, 9.17) is 0 Å². The minimum absolute atomic E-state index is 0. The molecule has 0 amide bonds. The van der Waals surface area contributed by atoms with E-state index in [2.05, 4.69) is 0 Å². The third-order valence-corrected chi connectivity index (χ3v) is 4.61. The standard InChI is InChI=1S/C20H16O3S.2Na.2H/c21-24(22,23)20-13-7-5-11-18(20)15-14-17-10-4-6-12-19(17)16-8-2-1-3-9-16;;;;/h1-15H,(H,21,22,23);;;;/b15-14+;;;;. The zero-order chi connectivity index (χ0) is 17.0. The van der Waals surface area contributed by atoms with E-state index in [0.717, 1.165) is 16.7 Å². The third kappa shape index (κ3) is 5.91. The zero-order valence-electron chi connectivity index (χ0n) is 12.8. The van der Waals surface area contributed by atoms with Crippen LogP contribution < -0.4 is 0 Å². The van der Waals surface area contributed by atoms with Gasteiger partial charge in [-0.3, -0.25) is 4.55 Å². The summed E-state index contributed by atoms with van der Waals surface area (Å²) >= 11 is 0. The van der Waals surface area contributed by atoms with Crippen LogP contribution >= 0.6 is 0 Å². The summed E-state index contributed by atoms with van der Waals surface area (Å²) in [5, 5.41) is 0. The van der Waals surface area contributed by atoms with Crippen molar-refractivity contribution in [1.82, 2.24) is 0 Å². The normalized spacial score (nSPS) is 10.8. The Morgan fingerprint density at radius 1 is 0.654 bits per heavy atom. The van der Waals surface area contributed by atoms with Crippen LogP contribution in [0.1, 0.15) is 11.1 Å². The number of hydrogen-bond donors (Lipinski definition) is 1. The van der Waals surface area contributed by atoms with Crippen molar-refractivity contribution in [2.75, 3.05) is 0 Å². The van der Waals surface area contributed by atoms with Gasteiger partial charge in [0.15, 0.2) is 0 Å². The topological polar surface area (TPSA) is 54.4 Å². The minimum atomic E-state index is -4.25. The number of rotatable bonds is 4. The van der Waals surface area contributed by atoms with E-state index in [1.54, 1.807) is 24.3 Å². The second kappa shape index (κ2) is 10.6. The third-order valence-electron chi connectivity index (χ3n) is 3.68. The molecule has 0 atom stereocenters. The molecular formula is C20H18Na2O3S. The quantitative estimate of drug-likeness (QED) is 0.426. The maximum atomic E-state index is 11.5. The van der Waals surface area contributed by atoms with Gasteiger partial charge < -0.3 is 0 Å². The molecule has 1 N–H and O–H groups in total. The molecule has 0 aliphatic heterocycles. The van der Waals surface area contributed by atoms with Gasteiger partial charge >= 0.3 is 59.1 Å². The first-order valence-corrected chi connectivity index (χ1v) is 8.89. The van der Waals surface area contributed by atoms with Gasteiger partial charge in [-0.2, -0.15) is 8.42 Å². The van der Waals surface area contributed by atoms with Crippen LogP contribution in [0.15, 0.2) is 83.8 Å². The maximum absolute atomic E-state index is 11.5. The van der Waals surface area contributed by atoms with Crippen molar-refractivity contribution in [3.63, 3.8) is 0 Å². The van der Waals surface area contributed by atoms with E-state index in [1.807, 2.05) is 60.7 Å². The van der Waals surface area contributed by atoms with E-state index < -0.39 is 10.1 Å². The molecule has 3 rings (SSSR count). The molecule has 0 fully saturated rings. The van der Waals surface area contributed by atoms with Crippen LogP contribution in [0, 0.1) is 0 Å². The van der Waals surface area contributed by atoms with Crippen molar-refractivity contribution < 1.29 is 13.0 Å². The second-order valence-electron chi connectivity index (χ2n) is 5.30. The number of benzene rings is 3. The van der Waals surface area contributed by atoms with E-state index in [9.17, 15) is 13.0 Å². The van der Waals surface area contributed by atoms with Crippen molar-refractivity contribution in [3.8, 4) is 11.1 Å². The monoisotopic (exact) mass is 384 g/mol. The van der Waals surface area contributed by atoms with Crippen LogP contribution in [0.2, 0.25) is 0 Å². The Morgan fingerprint density at radius 3 is 1.81 bits per heavy atom. The van der Waals surface area contributed by atoms with Crippen LogP contribution in [0.3, 0.4) is 0 Å². The summed E-state index contributed by atoms with van der Waals surface area (Å²) in [6.07, 6.45) is 3.55. The Bertz CT molecular complexity index is 985. The Labute approximate surface area is 198 Å². The van der Waals surface area contributed by atoms with Crippen molar-refractivity contribution in [3.05, 3.63) is 90.0 Å². The van der Waals surface area contributed by atoms with Crippen LogP contribution in [0.4, 0.5) is 0 Å². The van der Waals surface area contributed by atoms with Gasteiger partial charge in [-0.15, -0.1) is 0 Å². The van der Waals surface area contributed by atoms with Gasteiger partial charge in [0.2, 0.25) is 0 Å². The molecule has 0 aromatic heterocycles. The molecule has 0 aliphatic carbocycles. The van der Waals surface area contributed by atoms with Crippen molar-refractivity contribution in [2.24, 2.45) is 0 Å². The van der Waals surface area contributed by atoms with Crippen LogP contribution in [0.25, 0.3) is 23.3 Å².